The minimum absolute atomic E-state index is 0.0243. The summed E-state index contributed by atoms with van der Waals surface area (Å²) in [6.07, 6.45) is 0. The number of Topliss-reactive ketones (excluding diaryl/α,β-unsaturated/α-hetero) is 1. The van der Waals surface area contributed by atoms with Crippen LogP contribution in [0, 0.1) is 11.6 Å². The molecule has 0 saturated carbocycles. The molecule has 0 atom stereocenters. The Bertz CT molecular complexity index is 1090. The van der Waals surface area contributed by atoms with Gasteiger partial charge in [-0.2, -0.15) is 4.31 Å². The van der Waals surface area contributed by atoms with Gasteiger partial charge >= 0.3 is 0 Å². The Balaban J connectivity index is 1.59. The van der Waals surface area contributed by atoms with Crippen molar-refractivity contribution in [3.63, 3.8) is 0 Å². The summed E-state index contributed by atoms with van der Waals surface area (Å²) in [4.78, 5) is 27.5. The van der Waals surface area contributed by atoms with Gasteiger partial charge in [-0.15, -0.1) is 0 Å². The third-order valence-corrected chi connectivity index (χ3v) is 7.65. The van der Waals surface area contributed by atoms with E-state index < -0.39 is 21.7 Å². The minimum Gasteiger partial charge on any atom is -0.339 e. The molecular weight excluding hydrogens is 452 g/mol. The molecule has 0 unspecified atom stereocenters. The van der Waals surface area contributed by atoms with Crippen LogP contribution >= 0.6 is 0 Å². The second-order valence-electron chi connectivity index (χ2n) is 7.87. The van der Waals surface area contributed by atoms with Crippen LogP contribution in [0.5, 0.6) is 0 Å². The smallest absolute Gasteiger partial charge is 0.243 e. The van der Waals surface area contributed by atoms with Crippen molar-refractivity contribution < 1.29 is 26.8 Å². The molecule has 0 aliphatic carbocycles. The van der Waals surface area contributed by atoms with Crippen molar-refractivity contribution >= 4 is 21.7 Å². The van der Waals surface area contributed by atoms with Crippen LogP contribution in [0.2, 0.25) is 0 Å². The monoisotopic (exact) mass is 479 g/mol. The number of benzene rings is 2. The van der Waals surface area contributed by atoms with Crippen molar-refractivity contribution in [2.75, 3.05) is 39.3 Å². The quantitative estimate of drug-likeness (QED) is 0.544. The van der Waals surface area contributed by atoms with Gasteiger partial charge in [0.25, 0.3) is 0 Å². The van der Waals surface area contributed by atoms with E-state index in [4.69, 9.17) is 0 Å². The van der Waals surface area contributed by atoms with Gasteiger partial charge in [-0.05, 0) is 37.7 Å². The summed E-state index contributed by atoms with van der Waals surface area (Å²) in [5.74, 6) is -1.69. The highest BCUT2D eigenvalue weighted by Crippen LogP contribution is 2.19. The molecule has 1 saturated heterocycles. The van der Waals surface area contributed by atoms with Crippen LogP contribution in [0.3, 0.4) is 0 Å². The Morgan fingerprint density at radius 3 is 2.06 bits per heavy atom. The van der Waals surface area contributed by atoms with Crippen LogP contribution in [0.1, 0.15) is 29.8 Å². The average Bonchev–Trinajstić information content (AvgIpc) is 2.80. The van der Waals surface area contributed by atoms with Crippen molar-refractivity contribution in [3.05, 3.63) is 65.2 Å². The molecule has 2 aromatic rings. The Morgan fingerprint density at radius 2 is 1.55 bits per heavy atom. The normalized spacial score (nSPS) is 15.1. The van der Waals surface area contributed by atoms with E-state index in [1.165, 1.54) is 53.7 Å². The lowest BCUT2D eigenvalue weighted by Gasteiger charge is -2.35. The molecule has 1 aliphatic rings. The number of sulfonamides is 1. The Labute approximate surface area is 192 Å². The molecule has 2 aromatic carbocycles. The summed E-state index contributed by atoms with van der Waals surface area (Å²) in [6.45, 7) is 4.27. The number of nitrogens with zero attached hydrogens (tertiary/aromatic N) is 3. The van der Waals surface area contributed by atoms with E-state index in [0.717, 1.165) is 0 Å². The lowest BCUT2D eigenvalue weighted by atomic mass is 10.2. The van der Waals surface area contributed by atoms with E-state index >= 15 is 0 Å². The first-order chi connectivity index (χ1) is 15.6. The van der Waals surface area contributed by atoms with Crippen LogP contribution in [-0.4, -0.2) is 73.5 Å². The number of likely N-dealkylation sites (N-methyl/N-ethyl adjacent to an activating group) is 1. The molecule has 1 aliphatic heterocycles. The third kappa shape index (κ3) is 5.82. The molecule has 178 valence electrons. The predicted octanol–water partition coefficient (Wildman–Crippen LogP) is 2.52. The van der Waals surface area contributed by atoms with Crippen molar-refractivity contribution in [2.45, 2.75) is 25.3 Å². The maximum atomic E-state index is 14.0. The fourth-order valence-corrected chi connectivity index (χ4v) is 5.09. The van der Waals surface area contributed by atoms with E-state index in [1.807, 2.05) is 0 Å². The number of ketones is 1. The molecule has 10 heteroatoms. The van der Waals surface area contributed by atoms with Crippen molar-refractivity contribution in [2.24, 2.45) is 0 Å². The minimum atomic E-state index is -3.74. The molecule has 3 rings (SSSR count). The highest BCUT2D eigenvalue weighted by Gasteiger charge is 2.30. The number of carbonyl (C=O) groups is 2. The largest absolute Gasteiger partial charge is 0.339 e. The van der Waals surface area contributed by atoms with Crippen molar-refractivity contribution in [1.82, 2.24) is 14.1 Å². The summed E-state index contributed by atoms with van der Waals surface area (Å²) in [5, 5.41) is 0. The standard InChI is InChI=1S/C23H27F2N3O4S/c1-3-26(15-20-21(24)5-4-6-22(20)25)16-23(30)27-11-13-28(14-12-27)33(31,32)19-9-7-18(8-10-19)17(2)29/h4-10H,3,11-16H2,1-2H3. The number of carbonyl (C=O) groups excluding carboxylic acids is 2. The summed E-state index contributed by atoms with van der Waals surface area (Å²) in [6, 6.07) is 9.43. The van der Waals surface area contributed by atoms with E-state index in [2.05, 4.69) is 0 Å². The van der Waals surface area contributed by atoms with Crippen molar-refractivity contribution in [3.8, 4) is 0 Å². The first-order valence-electron chi connectivity index (χ1n) is 10.7. The van der Waals surface area contributed by atoms with E-state index in [0.29, 0.717) is 12.1 Å². The first kappa shape index (κ1) is 24.9. The highest BCUT2D eigenvalue weighted by atomic mass is 32.2. The molecule has 1 fully saturated rings. The number of hydrogen-bond acceptors (Lipinski definition) is 5. The van der Waals surface area contributed by atoms with Gasteiger partial charge in [-0.25, -0.2) is 17.2 Å². The van der Waals surface area contributed by atoms with Crippen LogP contribution in [0.4, 0.5) is 8.78 Å². The van der Waals surface area contributed by atoms with Gasteiger partial charge in [0.15, 0.2) is 5.78 Å². The SMILES string of the molecule is CCN(CC(=O)N1CCN(S(=O)(=O)c2ccc(C(C)=O)cc2)CC1)Cc1c(F)cccc1F. The van der Waals surface area contributed by atoms with Gasteiger partial charge in [0.05, 0.1) is 11.4 Å². The molecule has 0 spiro atoms. The maximum Gasteiger partial charge on any atom is 0.243 e. The molecule has 0 radical (unpaired) electrons. The maximum absolute atomic E-state index is 14.0. The molecule has 1 amide bonds. The second kappa shape index (κ2) is 10.5. The number of halogens is 2. The molecule has 0 bridgehead atoms. The number of rotatable bonds is 8. The lowest BCUT2D eigenvalue weighted by Crippen LogP contribution is -2.52. The molecule has 1 heterocycles. The Morgan fingerprint density at radius 1 is 0.970 bits per heavy atom. The van der Waals surface area contributed by atoms with Gasteiger partial charge < -0.3 is 4.90 Å². The molecule has 7 nitrogen and oxygen atoms in total. The fraction of sp³-hybridized carbons (Fsp3) is 0.391. The van der Waals surface area contributed by atoms with E-state index in [1.54, 1.807) is 16.7 Å². The second-order valence-corrected chi connectivity index (χ2v) is 9.81. The zero-order valence-corrected chi connectivity index (χ0v) is 19.4. The van der Waals surface area contributed by atoms with Crippen LogP contribution in [-0.2, 0) is 21.4 Å². The zero-order chi connectivity index (χ0) is 24.2. The summed E-state index contributed by atoms with van der Waals surface area (Å²) in [7, 11) is -3.74. The Kier molecular flexibility index (Phi) is 7.93. The lowest BCUT2D eigenvalue weighted by molar-refractivity contribution is -0.133. The molecule has 0 N–H and O–H groups in total. The first-order valence-corrected chi connectivity index (χ1v) is 12.1. The summed E-state index contributed by atoms with van der Waals surface area (Å²) in [5.41, 5.74) is 0.346. The molecule has 33 heavy (non-hydrogen) atoms. The predicted molar refractivity (Wildman–Crippen MR) is 119 cm³/mol. The topological polar surface area (TPSA) is 78.0 Å². The summed E-state index contributed by atoms with van der Waals surface area (Å²) < 4.78 is 55.0. The van der Waals surface area contributed by atoms with Crippen LogP contribution < -0.4 is 0 Å². The van der Waals surface area contributed by atoms with Gasteiger partial charge in [-0.3, -0.25) is 14.5 Å². The van der Waals surface area contributed by atoms with Gasteiger partial charge in [-0.1, -0.05) is 25.1 Å². The number of amides is 1. The average molecular weight is 480 g/mol. The zero-order valence-electron chi connectivity index (χ0n) is 18.6. The Hall–Kier alpha value is -2.69. The highest BCUT2D eigenvalue weighted by molar-refractivity contribution is 7.89. The van der Waals surface area contributed by atoms with Gasteiger partial charge in [0.2, 0.25) is 15.9 Å². The van der Waals surface area contributed by atoms with E-state index in [9.17, 15) is 26.8 Å². The summed E-state index contributed by atoms with van der Waals surface area (Å²) >= 11 is 0. The fourth-order valence-electron chi connectivity index (χ4n) is 3.67. The molecular formula is C23H27F2N3O4S. The van der Waals surface area contributed by atoms with Crippen molar-refractivity contribution in [1.29, 1.82) is 0 Å². The number of piperazine rings is 1. The third-order valence-electron chi connectivity index (χ3n) is 5.74. The number of hydrogen-bond donors (Lipinski definition) is 0. The van der Waals surface area contributed by atoms with Crippen LogP contribution in [0.15, 0.2) is 47.4 Å². The van der Waals surface area contributed by atoms with Gasteiger partial charge in [0.1, 0.15) is 11.6 Å². The molecule has 0 aromatic heterocycles. The van der Waals surface area contributed by atoms with Crippen LogP contribution in [0.25, 0.3) is 0 Å². The van der Waals surface area contributed by atoms with Gasteiger partial charge in [0, 0.05) is 43.9 Å². The van der Waals surface area contributed by atoms with E-state index in [-0.39, 0.29) is 61.4 Å².